The van der Waals surface area contributed by atoms with E-state index in [1.165, 1.54) is 5.57 Å². The average molecular weight is 306 g/mol. The molecule has 0 amide bonds. The third kappa shape index (κ3) is 2.57. The minimum Gasteiger partial charge on any atom is -0.508 e. The molecule has 2 unspecified atom stereocenters. The Balaban J connectivity index is 1.57. The average Bonchev–Trinajstić information content (AvgIpc) is 3.14. The number of benzene rings is 2. The number of fused-ring (bicyclic) bond motifs is 1. The summed E-state index contributed by atoms with van der Waals surface area (Å²) >= 11 is 0. The van der Waals surface area contributed by atoms with Crippen molar-refractivity contribution in [3.8, 4) is 11.5 Å². The number of phenolic OH excluding ortho intramolecular Hbond substituents is 2. The summed E-state index contributed by atoms with van der Waals surface area (Å²) in [7, 11) is 0. The third-order valence-corrected chi connectivity index (χ3v) is 4.62. The fourth-order valence-electron chi connectivity index (χ4n) is 3.43. The van der Waals surface area contributed by atoms with E-state index in [1.54, 1.807) is 24.3 Å². The van der Waals surface area contributed by atoms with Crippen molar-refractivity contribution in [3.63, 3.8) is 0 Å². The van der Waals surface area contributed by atoms with Crippen LogP contribution in [0, 0.1) is 5.92 Å². The molecule has 2 aromatic carbocycles. The fraction of sp³-hybridized carbons (Fsp3) is 0.211. The van der Waals surface area contributed by atoms with Gasteiger partial charge in [-0.1, -0.05) is 24.3 Å². The van der Waals surface area contributed by atoms with Crippen molar-refractivity contribution in [2.24, 2.45) is 11.0 Å². The molecule has 1 saturated carbocycles. The Kier molecular flexibility index (Phi) is 3.30. The molecule has 2 aromatic rings. The molecule has 1 aliphatic carbocycles. The molecule has 3 N–H and O–H groups in total. The molecule has 2 atom stereocenters. The van der Waals surface area contributed by atoms with E-state index < -0.39 is 0 Å². The molecule has 4 rings (SSSR count). The second-order valence-corrected chi connectivity index (χ2v) is 6.10. The second kappa shape index (κ2) is 5.47. The van der Waals surface area contributed by atoms with Gasteiger partial charge in [0.15, 0.2) is 0 Å². The molecule has 0 saturated heterocycles. The van der Waals surface area contributed by atoms with Gasteiger partial charge in [-0.05, 0) is 59.9 Å². The Morgan fingerprint density at radius 2 is 1.61 bits per heavy atom. The number of rotatable bonds is 2. The van der Waals surface area contributed by atoms with Crippen LogP contribution in [0.25, 0.3) is 6.08 Å². The van der Waals surface area contributed by atoms with Gasteiger partial charge >= 0.3 is 0 Å². The Bertz CT molecular complexity index is 776. The van der Waals surface area contributed by atoms with Crippen LogP contribution in [0.2, 0.25) is 0 Å². The highest BCUT2D eigenvalue weighted by molar-refractivity contribution is 6.08. The second-order valence-electron chi connectivity index (χ2n) is 6.10. The summed E-state index contributed by atoms with van der Waals surface area (Å²) in [5.74, 6) is 0.943. The lowest BCUT2D eigenvalue weighted by Crippen LogP contribution is -2.18. The van der Waals surface area contributed by atoms with Crippen molar-refractivity contribution < 1.29 is 10.2 Å². The van der Waals surface area contributed by atoms with Crippen LogP contribution in [0.3, 0.4) is 0 Å². The van der Waals surface area contributed by atoms with Gasteiger partial charge in [-0.2, -0.15) is 5.10 Å². The predicted octanol–water partition coefficient (Wildman–Crippen LogP) is 3.59. The van der Waals surface area contributed by atoms with Crippen molar-refractivity contribution in [1.82, 2.24) is 5.43 Å². The Labute approximate surface area is 134 Å². The van der Waals surface area contributed by atoms with Crippen molar-refractivity contribution >= 4 is 11.8 Å². The summed E-state index contributed by atoms with van der Waals surface area (Å²) in [6, 6.07) is 14.7. The van der Waals surface area contributed by atoms with Crippen molar-refractivity contribution in [1.29, 1.82) is 0 Å². The molecule has 0 spiro atoms. The molecule has 0 aromatic heterocycles. The third-order valence-electron chi connectivity index (χ3n) is 4.62. The molecule has 23 heavy (non-hydrogen) atoms. The molecule has 4 nitrogen and oxygen atoms in total. The molecular weight excluding hydrogens is 288 g/mol. The van der Waals surface area contributed by atoms with Crippen LogP contribution in [0.15, 0.2) is 59.2 Å². The van der Waals surface area contributed by atoms with Gasteiger partial charge in [0.1, 0.15) is 11.5 Å². The molecule has 0 radical (unpaired) electrons. The lowest BCUT2D eigenvalue weighted by Gasteiger charge is -2.16. The summed E-state index contributed by atoms with van der Waals surface area (Å²) in [5, 5.41) is 23.4. The number of phenols is 2. The summed E-state index contributed by atoms with van der Waals surface area (Å²) < 4.78 is 0. The summed E-state index contributed by atoms with van der Waals surface area (Å²) in [5.41, 5.74) is 7.87. The van der Waals surface area contributed by atoms with E-state index in [0.29, 0.717) is 5.92 Å². The number of hydrogen-bond donors (Lipinski definition) is 3. The smallest absolute Gasteiger partial charge is 0.115 e. The maximum atomic E-state index is 9.44. The first-order valence-corrected chi connectivity index (χ1v) is 7.83. The van der Waals surface area contributed by atoms with Crippen molar-refractivity contribution in [2.45, 2.75) is 18.9 Å². The zero-order valence-electron chi connectivity index (χ0n) is 12.6. The van der Waals surface area contributed by atoms with E-state index in [2.05, 4.69) is 16.6 Å². The standard InChI is InChI=1S/C19H18N2O2/c22-15-6-1-12(2-7-15)11-14-5-10-17-18(20-21-19(14)17)13-3-8-16(23)9-4-13/h1-4,6-9,11,17-18,20,22-23H,5,10H2/b14-11-. The minimum absolute atomic E-state index is 0.177. The van der Waals surface area contributed by atoms with Crippen LogP contribution in [0.5, 0.6) is 11.5 Å². The van der Waals surface area contributed by atoms with E-state index in [0.717, 1.165) is 29.7 Å². The number of nitrogens with zero attached hydrogens (tertiary/aromatic N) is 1. The van der Waals surface area contributed by atoms with Gasteiger partial charge in [0.05, 0.1) is 11.8 Å². The number of aromatic hydroxyl groups is 2. The highest BCUT2D eigenvalue weighted by Gasteiger charge is 2.38. The number of hydrogen-bond acceptors (Lipinski definition) is 4. The Hall–Kier alpha value is -2.75. The van der Waals surface area contributed by atoms with E-state index >= 15 is 0 Å². The molecule has 0 bridgehead atoms. The summed E-state index contributed by atoms with van der Waals surface area (Å²) in [4.78, 5) is 0. The van der Waals surface area contributed by atoms with Crippen LogP contribution in [0.4, 0.5) is 0 Å². The SMILES string of the molecule is Oc1ccc(/C=C2/CCC3C2=NNC3c2ccc(O)cc2)cc1. The topological polar surface area (TPSA) is 64.9 Å². The molecule has 1 fully saturated rings. The van der Waals surface area contributed by atoms with Gasteiger partial charge in [-0.25, -0.2) is 0 Å². The van der Waals surface area contributed by atoms with Crippen LogP contribution < -0.4 is 5.43 Å². The molecule has 4 heteroatoms. The van der Waals surface area contributed by atoms with Gasteiger partial charge in [0.2, 0.25) is 0 Å². The maximum absolute atomic E-state index is 9.44. The molecule has 2 aliphatic rings. The monoisotopic (exact) mass is 306 g/mol. The summed E-state index contributed by atoms with van der Waals surface area (Å²) in [6.07, 6.45) is 4.24. The highest BCUT2D eigenvalue weighted by Crippen LogP contribution is 2.41. The number of allylic oxidation sites excluding steroid dienone is 1. The van der Waals surface area contributed by atoms with E-state index in [4.69, 9.17) is 0 Å². The van der Waals surface area contributed by atoms with E-state index in [9.17, 15) is 10.2 Å². The van der Waals surface area contributed by atoms with Gasteiger partial charge in [-0.3, -0.25) is 0 Å². The fourth-order valence-corrected chi connectivity index (χ4v) is 3.43. The van der Waals surface area contributed by atoms with Crippen molar-refractivity contribution in [2.75, 3.05) is 0 Å². The zero-order valence-corrected chi connectivity index (χ0v) is 12.6. The van der Waals surface area contributed by atoms with Crippen LogP contribution in [-0.4, -0.2) is 15.9 Å². The molecule has 1 aliphatic heterocycles. The maximum Gasteiger partial charge on any atom is 0.115 e. The van der Waals surface area contributed by atoms with Crippen LogP contribution in [0.1, 0.15) is 30.0 Å². The van der Waals surface area contributed by atoms with E-state index in [-0.39, 0.29) is 17.5 Å². The zero-order chi connectivity index (χ0) is 15.8. The summed E-state index contributed by atoms with van der Waals surface area (Å²) in [6.45, 7) is 0. The van der Waals surface area contributed by atoms with E-state index in [1.807, 2.05) is 24.3 Å². The normalized spacial score (nSPS) is 24.3. The highest BCUT2D eigenvalue weighted by atomic mass is 16.3. The number of hydrazone groups is 1. The van der Waals surface area contributed by atoms with Crippen LogP contribution >= 0.6 is 0 Å². The first kappa shape index (κ1) is 13.9. The Morgan fingerprint density at radius 3 is 2.30 bits per heavy atom. The number of nitrogens with one attached hydrogen (secondary N) is 1. The minimum atomic E-state index is 0.177. The lowest BCUT2D eigenvalue weighted by atomic mass is 9.92. The quantitative estimate of drug-likeness (QED) is 0.794. The first-order valence-electron chi connectivity index (χ1n) is 7.83. The van der Waals surface area contributed by atoms with Gasteiger partial charge in [0, 0.05) is 5.92 Å². The lowest BCUT2D eigenvalue weighted by molar-refractivity contribution is 0.469. The molecule has 116 valence electrons. The predicted molar refractivity (Wildman–Crippen MR) is 90.2 cm³/mol. The first-order chi connectivity index (χ1) is 11.2. The van der Waals surface area contributed by atoms with Gasteiger partial charge in [-0.15, -0.1) is 0 Å². The Morgan fingerprint density at radius 1 is 0.957 bits per heavy atom. The van der Waals surface area contributed by atoms with Gasteiger partial charge < -0.3 is 15.6 Å². The van der Waals surface area contributed by atoms with Gasteiger partial charge in [0.25, 0.3) is 0 Å². The molecule has 1 heterocycles. The van der Waals surface area contributed by atoms with Crippen LogP contribution in [-0.2, 0) is 0 Å². The molecular formula is C19H18N2O2. The van der Waals surface area contributed by atoms with Crippen molar-refractivity contribution in [3.05, 3.63) is 65.2 Å². The largest absolute Gasteiger partial charge is 0.508 e.